The van der Waals surface area contributed by atoms with E-state index in [2.05, 4.69) is 5.32 Å². The number of benzene rings is 3. The molecule has 150 valence electrons. The van der Waals surface area contributed by atoms with Crippen LogP contribution in [0, 0.1) is 0 Å². The number of ketones is 1. The zero-order valence-electron chi connectivity index (χ0n) is 16.2. The van der Waals surface area contributed by atoms with Crippen LogP contribution in [0.3, 0.4) is 0 Å². The number of nitrogens with one attached hydrogen (secondary N) is 1. The third-order valence-corrected chi connectivity index (χ3v) is 5.06. The molecular formula is C24H20N2O4. The second kappa shape index (κ2) is 8.21. The first-order chi connectivity index (χ1) is 14.5. The molecule has 0 aliphatic carbocycles. The third-order valence-electron chi connectivity index (χ3n) is 5.06. The highest BCUT2D eigenvalue weighted by atomic mass is 16.3. The number of amides is 2. The minimum atomic E-state index is -0.438. The SMILES string of the molecule is O=C(Nc1ccc(C(=O)N2CCCC(=O)c3ccccc32)cc1)c1ccccc1O. The van der Waals surface area contributed by atoms with Crippen LogP contribution in [0.25, 0.3) is 0 Å². The highest BCUT2D eigenvalue weighted by Gasteiger charge is 2.25. The number of fused-ring (bicyclic) bond motifs is 1. The lowest BCUT2D eigenvalue weighted by atomic mass is 10.1. The Labute approximate surface area is 173 Å². The summed E-state index contributed by atoms with van der Waals surface area (Å²) >= 11 is 0. The molecule has 1 aliphatic heterocycles. The van der Waals surface area contributed by atoms with E-state index >= 15 is 0 Å². The van der Waals surface area contributed by atoms with E-state index in [-0.39, 0.29) is 23.0 Å². The molecule has 0 saturated heterocycles. The molecule has 3 aromatic carbocycles. The van der Waals surface area contributed by atoms with Gasteiger partial charge in [-0.2, -0.15) is 0 Å². The first-order valence-corrected chi connectivity index (χ1v) is 9.68. The van der Waals surface area contributed by atoms with Gasteiger partial charge in [0.05, 0.1) is 11.3 Å². The van der Waals surface area contributed by atoms with Crippen LogP contribution < -0.4 is 10.2 Å². The fraction of sp³-hybridized carbons (Fsp3) is 0.125. The van der Waals surface area contributed by atoms with Crippen LogP contribution >= 0.6 is 0 Å². The monoisotopic (exact) mass is 400 g/mol. The van der Waals surface area contributed by atoms with E-state index < -0.39 is 5.91 Å². The Morgan fingerprint density at radius 1 is 0.900 bits per heavy atom. The Bertz CT molecular complexity index is 1120. The summed E-state index contributed by atoms with van der Waals surface area (Å²) in [6.07, 6.45) is 1.02. The average Bonchev–Trinajstić information content (AvgIpc) is 2.93. The number of nitrogens with zero attached hydrogens (tertiary/aromatic N) is 1. The summed E-state index contributed by atoms with van der Waals surface area (Å²) in [6.45, 7) is 0.466. The predicted octanol–water partition coefficient (Wildman–Crippen LogP) is 4.27. The number of Topliss-reactive ketones (excluding diaryl/α,β-unsaturated/α-hetero) is 1. The highest BCUT2D eigenvalue weighted by Crippen LogP contribution is 2.28. The van der Waals surface area contributed by atoms with Crippen molar-refractivity contribution in [3.05, 3.63) is 89.5 Å². The fourth-order valence-corrected chi connectivity index (χ4v) is 3.52. The van der Waals surface area contributed by atoms with Gasteiger partial charge in [0.2, 0.25) is 0 Å². The minimum Gasteiger partial charge on any atom is -0.507 e. The van der Waals surface area contributed by atoms with Gasteiger partial charge >= 0.3 is 0 Å². The first kappa shape index (κ1) is 19.4. The molecule has 4 rings (SSSR count). The van der Waals surface area contributed by atoms with E-state index in [0.717, 1.165) is 0 Å². The van der Waals surface area contributed by atoms with Crippen LogP contribution in [0.15, 0.2) is 72.8 Å². The van der Waals surface area contributed by atoms with E-state index in [9.17, 15) is 19.5 Å². The van der Waals surface area contributed by atoms with Crippen LogP contribution in [-0.4, -0.2) is 29.2 Å². The lowest BCUT2D eigenvalue weighted by molar-refractivity contribution is 0.0973. The van der Waals surface area contributed by atoms with Gasteiger partial charge in [-0.05, 0) is 55.0 Å². The summed E-state index contributed by atoms with van der Waals surface area (Å²) in [5.41, 5.74) is 2.33. The van der Waals surface area contributed by atoms with E-state index in [1.54, 1.807) is 59.5 Å². The van der Waals surface area contributed by atoms with E-state index in [1.807, 2.05) is 6.07 Å². The van der Waals surface area contributed by atoms with Crippen molar-refractivity contribution in [3.63, 3.8) is 0 Å². The number of hydrogen-bond donors (Lipinski definition) is 2. The Morgan fingerprint density at radius 3 is 2.37 bits per heavy atom. The lowest BCUT2D eigenvalue weighted by Crippen LogP contribution is -2.31. The molecule has 0 spiro atoms. The summed E-state index contributed by atoms with van der Waals surface area (Å²) in [6, 6.07) is 20.0. The maximum Gasteiger partial charge on any atom is 0.259 e. The largest absolute Gasteiger partial charge is 0.507 e. The van der Waals surface area contributed by atoms with E-state index in [1.165, 1.54) is 12.1 Å². The molecule has 0 saturated carbocycles. The zero-order valence-corrected chi connectivity index (χ0v) is 16.2. The van der Waals surface area contributed by atoms with Crippen molar-refractivity contribution in [2.45, 2.75) is 12.8 Å². The van der Waals surface area contributed by atoms with Gasteiger partial charge in [-0.3, -0.25) is 14.4 Å². The Morgan fingerprint density at radius 2 is 1.60 bits per heavy atom. The molecular weight excluding hydrogens is 380 g/mol. The molecule has 0 aromatic heterocycles. The molecule has 1 heterocycles. The van der Waals surface area contributed by atoms with E-state index in [4.69, 9.17) is 0 Å². The number of rotatable bonds is 3. The van der Waals surface area contributed by atoms with Crippen molar-refractivity contribution in [3.8, 4) is 5.75 Å². The van der Waals surface area contributed by atoms with Gasteiger partial charge in [-0.15, -0.1) is 0 Å². The van der Waals surface area contributed by atoms with Crippen LogP contribution in [0.2, 0.25) is 0 Å². The zero-order chi connectivity index (χ0) is 21.1. The van der Waals surface area contributed by atoms with Crippen molar-refractivity contribution in [2.24, 2.45) is 0 Å². The number of para-hydroxylation sites is 2. The molecule has 0 radical (unpaired) electrons. The average molecular weight is 400 g/mol. The molecule has 0 fully saturated rings. The topological polar surface area (TPSA) is 86.7 Å². The number of aromatic hydroxyl groups is 1. The van der Waals surface area contributed by atoms with Gasteiger partial charge in [0.25, 0.3) is 11.8 Å². The molecule has 0 bridgehead atoms. The van der Waals surface area contributed by atoms with Crippen molar-refractivity contribution >= 4 is 29.0 Å². The fourth-order valence-electron chi connectivity index (χ4n) is 3.52. The number of hydrogen-bond acceptors (Lipinski definition) is 4. The van der Waals surface area contributed by atoms with Crippen molar-refractivity contribution in [2.75, 3.05) is 16.8 Å². The maximum absolute atomic E-state index is 13.1. The van der Waals surface area contributed by atoms with Gasteiger partial charge in [-0.25, -0.2) is 0 Å². The second-order valence-corrected chi connectivity index (χ2v) is 7.05. The van der Waals surface area contributed by atoms with Crippen LogP contribution in [0.1, 0.15) is 43.9 Å². The second-order valence-electron chi connectivity index (χ2n) is 7.05. The molecule has 2 N–H and O–H groups in total. The minimum absolute atomic E-state index is 0.0446. The molecule has 6 nitrogen and oxygen atoms in total. The highest BCUT2D eigenvalue weighted by molar-refractivity contribution is 6.12. The van der Waals surface area contributed by atoms with Gasteiger partial charge in [0, 0.05) is 29.8 Å². The van der Waals surface area contributed by atoms with Crippen LogP contribution in [0.4, 0.5) is 11.4 Å². The standard InChI is InChI=1S/C24H20N2O4/c27-21-10-5-15-26(20-8-3-1-6-18(20)21)24(30)16-11-13-17(14-12-16)25-23(29)19-7-2-4-9-22(19)28/h1-4,6-9,11-14,28H,5,10,15H2,(H,25,29). The Hall–Kier alpha value is -3.93. The first-order valence-electron chi connectivity index (χ1n) is 9.68. The Balaban J connectivity index is 1.54. The molecule has 6 heteroatoms. The molecule has 2 amide bonds. The van der Waals surface area contributed by atoms with E-state index in [0.29, 0.717) is 41.9 Å². The molecule has 0 unspecified atom stereocenters. The molecule has 3 aromatic rings. The number of carbonyl (C=O) groups excluding carboxylic acids is 3. The number of phenolic OH excluding ortho intramolecular Hbond substituents is 1. The number of carbonyl (C=O) groups is 3. The molecule has 1 aliphatic rings. The summed E-state index contributed by atoms with van der Waals surface area (Å²) in [7, 11) is 0. The lowest BCUT2D eigenvalue weighted by Gasteiger charge is -2.22. The quantitative estimate of drug-likeness (QED) is 0.687. The van der Waals surface area contributed by atoms with Crippen molar-refractivity contribution in [1.29, 1.82) is 0 Å². The van der Waals surface area contributed by atoms with Gasteiger partial charge < -0.3 is 15.3 Å². The normalized spacial score (nSPS) is 13.3. The van der Waals surface area contributed by atoms with Crippen LogP contribution in [-0.2, 0) is 0 Å². The van der Waals surface area contributed by atoms with Crippen molar-refractivity contribution < 1.29 is 19.5 Å². The van der Waals surface area contributed by atoms with Gasteiger partial charge in [-0.1, -0.05) is 24.3 Å². The maximum atomic E-state index is 13.1. The summed E-state index contributed by atoms with van der Waals surface area (Å²) in [5, 5.41) is 12.5. The smallest absolute Gasteiger partial charge is 0.259 e. The van der Waals surface area contributed by atoms with Crippen molar-refractivity contribution in [1.82, 2.24) is 0 Å². The van der Waals surface area contributed by atoms with Gasteiger partial charge in [0.15, 0.2) is 5.78 Å². The third kappa shape index (κ3) is 3.80. The summed E-state index contributed by atoms with van der Waals surface area (Å²) < 4.78 is 0. The van der Waals surface area contributed by atoms with Gasteiger partial charge in [0.1, 0.15) is 5.75 Å². The molecule has 0 atom stereocenters. The Kier molecular flexibility index (Phi) is 5.30. The molecule has 30 heavy (non-hydrogen) atoms. The predicted molar refractivity (Wildman–Crippen MR) is 114 cm³/mol. The number of phenols is 1. The summed E-state index contributed by atoms with van der Waals surface area (Å²) in [5.74, 6) is -0.692. The summed E-state index contributed by atoms with van der Waals surface area (Å²) in [4.78, 5) is 39.4. The van der Waals surface area contributed by atoms with Crippen LogP contribution in [0.5, 0.6) is 5.75 Å². The number of anilines is 2.